The summed E-state index contributed by atoms with van der Waals surface area (Å²) in [6.07, 6.45) is 5.08. The van der Waals surface area contributed by atoms with Gasteiger partial charge in [-0.2, -0.15) is 0 Å². The molecular weight excluding hydrogens is 215 g/mol. The first kappa shape index (κ1) is 13.3. The Balaban J connectivity index is 2.90. The van der Waals surface area contributed by atoms with Crippen LogP contribution in [0.4, 0.5) is 0 Å². The number of carbonyl (C=O) groups excluding carboxylic acids is 2. The van der Waals surface area contributed by atoms with Crippen molar-refractivity contribution in [3.8, 4) is 0 Å². The minimum absolute atomic E-state index is 0.107. The lowest BCUT2D eigenvalue weighted by Crippen LogP contribution is -2.29. The van der Waals surface area contributed by atoms with Crippen LogP contribution in [-0.2, 0) is 9.59 Å². The van der Waals surface area contributed by atoms with Crippen molar-refractivity contribution in [3.05, 3.63) is 35.1 Å². The summed E-state index contributed by atoms with van der Waals surface area (Å²) in [5.74, 6) is -0.795. The maximum atomic E-state index is 11.5. The summed E-state index contributed by atoms with van der Waals surface area (Å²) < 4.78 is 0. The van der Waals surface area contributed by atoms with Crippen molar-refractivity contribution < 1.29 is 9.59 Å². The Bertz CT molecular complexity index is 447. The monoisotopic (exact) mass is 230 g/mol. The van der Waals surface area contributed by atoms with Gasteiger partial charge in [-0.3, -0.25) is 9.59 Å². The van der Waals surface area contributed by atoms with Gasteiger partial charge < -0.3 is 10.5 Å². The van der Waals surface area contributed by atoms with Crippen molar-refractivity contribution in [2.75, 3.05) is 0 Å². The lowest BCUT2D eigenvalue weighted by molar-refractivity contribution is -0.131. The molecule has 0 saturated carbocycles. The molecule has 2 N–H and O–H groups in total. The lowest BCUT2D eigenvalue weighted by Gasteiger charge is -2.05. The summed E-state index contributed by atoms with van der Waals surface area (Å²) in [4.78, 5) is 23.3. The summed E-state index contributed by atoms with van der Waals surface area (Å²) in [5, 5.41) is 0. The fraction of sp³-hybridized carbons (Fsp3) is 0.333. The van der Waals surface area contributed by atoms with Crippen LogP contribution in [0.1, 0.15) is 20.8 Å². The van der Waals surface area contributed by atoms with Gasteiger partial charge in [0.2, 0.25) is 13.9 Å². The minimum atomic E-state index is -0.654. The molecule has 1 aliphatic heterocycles. The predicted molar refractivity (Wildman–Crippen MR) is 66.6 cm³/mol. The molecule has 0 aromatic heterocycles. The number of nitrogens with zero attached hydrogens (tertiary/aromatic N) is 1. The third-order valence-corrected chi connectivity index (χ3v) is 2.72. The molecule has 0 aromatic carbocycles. The highest BCUT2D eigenvalue weighted by molar-refractivity contribution is 6.35. The summed E-state index contributed by atoms with van der Waals surface area (Å²) in [6, 6.07) is 0. The molecular formula is C12H15BN2O2. The lowest BCUT2D eigenvalue weighted by atomic mass is 10.0. The number of nitrogens with two attached hydrogens (primary N) is 1. The average molecular weight is 230 g/mol. The smallest absolute Gasteiger partial charge is 0.264 e. The number of imide groups is 1. The number of rotatable bonds is 3. The molecule has 0 unspecified atom stereocenters. The van der Waals surface area contributed by atoms with E-state index in [1.807, 2.05) is 13.0 Å². The molecule has 1 heterocycles. The van der Waals surface area contributed by atoms with Crippen LogP contribution in [-0.4, -0.2) is 24.6 Å². The first-order valence-corrected chi connectivity index (χ1v) is 5.34. The Labute approximate surface area is 102 Å². The zero-order valence-corrected chi connectivity index (χ0v) is 10.2. The average Bonchev–Trinajstić information content (AvgIpc) is 2.46. The van der Waals surface area contributed by atoms with Crippen LogP contribution in [0.5, 0.6) is 0 Å². The van der Waals surface area contributed by atoms with E-state index in [1.54, 1.807) is 6.08 Å². The van der Waals surface area contributed by atoms with E-state index in [1.165, 1.54) is 11.6 Å². The molecule has 0 aromatic rings. The summed E-state index contributed by atoms with van der Waals surface area (Å²) in [5.41, 5.74) is 6.70. The number of hydrogen-bond acceptors (Lipinski definition) is 3. The fourth-order valence-corrected chi connectivity index (χ4v) is 1.23. The Kier molecular flexibility index (Phi) is 3.94. The minimum Gasteiger partial charge on any atom is -0.394 e. The maximum absolute atomic E-state index is 11.5. The molecule has 88 valence electrons. The largest absolute Gasteiger partial charge is 0.394 e. The van der Waals surface area contributed by atoms with Gasteiger partial charge in [0.05, 0.1) is 5.57 Å². The molecule has 0 fully saturated rings. The standard InChI is InChI=1S/C12H15BN2O2/c1-7(2)8(3)5-4-6-9-10(14)12(17)15(13)11(9)16/h4-7H,14H2,1-3H3/b6-4-,8-5+. The van der Waals surface area contributed by atoms with E-state index in [0.29, 0.717) is 10.7 Å². The van der Waals surface area contributed by atoms with Crippen LogP contribution in [0.25, 0.3) is 0 Å². The first-order chi connectivity index (χ1) is 7.86. The van der Waals surface area contributed by atoms with E-state index >= 15 is 0 Å². The van der Waals surface area contributed by atoms with Gasteiger partial charge in [0.25, 0.3) is 5.91 Å². The quantitative estimate of drug-likeness (QED) is 0.443. The third-order valence-electron chi connectivity index (χ3n) is 2.72. The van der Waals surface area contributed by atoms with Crippen LogP contribution in [0.2, 0.25) is 0 Å². The van der Waals surface area contributed by atoms with E-state index in [2.05, 4.69) is 13.8 Å². The fourth-order valence-electron chi connectivity index (χ4n) is 1.23. The van der Waals surface area contributed by atoms with E-state index in [9.17, 15) is 9.59 Å². The highest BCUT2D eigenvalue weighted by Gasteiger charge is 2.31. The molecule has 0 bridgehead atoms. The maximum Gasteiger partial charge on any atom is 0.264 e. The summed E-state index contributed by atoms with van der Waals surface area (Å²) in [7, 11) is 5.25. The zero-order chi connectivity index (χ0) is 13.2. The number of carbonyl (C=O) groups is 2. The summed E-state index contributed by atoms with van der Waals surface area (Å²) in [6.45, 7) is 6.13. The first-order valence-electron chi connectivity index (χ1n) is 5.34. The molecule has 0 saturated heterocycles. The normalized spacial score (nSPS) is 18.1. The van der Waals surface area contributed by atoms with Gasteiger partial charge in [0.15, 0.2) is 0 Å². The van der Waals surface area contributed by atoms with Crippen LogP contribution in [0, 0.1) is 5.92 Å². The number of hydrogen-bond donors (Lipinski definition) is 1. The van der Waals surface area contributed by atoms with E-state index in [4.69, 9.17) is 13.7 Å². The van der Waals surface area contributed by atoms with Crippen molar-refractivity contribution in [2.24, 2.45) is 11.7 Å². The van der Waals surface area contributed by atoms with Crippen molar-refractivity contribution >= 4 is 19.8 Å². The van der Waals surface area contributed by atoms with Crippen molar-refractivity contribution in [2.45, 2.75) is 20.8 Å². The number of allylic oxidation sites excluding steroid dienone is 3. The van der Waals surface area contributed by atoms with Gasteiger partial charge in [-0.1, -0.05) is 31.6 Å². The molecule has 0 spiro atoms. The second kappa shape index (κ2) is 5.04. The van der Waals surface area contributed by atoms with Crippen LogP contribution in [0.3, 0.4) is 0 Å². The Morgan fingerprint density at radius 1 is 1.35 bits per heavy atom. The number of amides is 2. The second-order valence-electron chi connectivity index (χ2n) is 4.23. The molecule has 5 heteroatoms. The molecule has 17 heavy (non-hydrogen) atoms. The van der Waals surface area contributed by atoms with Gasteiger partial charge in [-0.15, -0.1) is 0 Å². The third kappa shape index (κ3) is 2.67. The molecule has 1 rings (SSSR count). The Morgan fingerprint density at radius 2 is 1.94 bits per heavy atom. The predicted octanol–water partition coefficient (Wildman–Crippen LogP) is 0.810. The van der Waals surface area contributed by atoms with Gasteiger partial charge >= 0.3 is 0 Å². The van der Waals surface area contributed by atoms with Crippen molar-refractivity contribution in [3.63, 3.8) is 0 Å². The SMILES string of the molecule is [B]N1C(=O)C(N)=C(/C=C\C=C(/C)C(C)C)C1=O. The van der Waals surface area contributed by atoms with Crippen LogP contribution < -0.4 is 5.73 Å². The molecule has 2 amide bonds. The van der Waals surface area contributed by atoms with E-state index in [-0.39, 0.29) is 11.3 Å². The molecule has 4 nitrogen and oxygen atoms in total. The molecule has 0 atom stereocenters. The highest BCUT2D eigenvalue weighted by Crippen LogP contribution is 2.16. The molecule has 2 radical (unpaired) electrons. The molecule has 1 aliphatic rings. The van der Waals surface area contributed by atoms with Gasteiger partial charge in [0.1, 0.15) is 5.70 Å². The highest BCUT2D eigenvalue weighted by atomic mass is 16.2. The van der Waals surface area contributed by atoms with Crippen LogP contribution in [0.15, 0.2) is 35.1 Å². The van der Waals surface area contributed by atoms with E-state index in [0.717, 1.165) is 0 Å². The second-order valence-corrected chi connectivity index (χ2v) is 4.23. The Hall–Kier alpha value is -1.78. The van der Waals surface area contributed by atoms with Gasteiger partial charge in [-0.25, -0.2) is 0 Å². The molecule has 0 aliphatic carbocycles. The Morgan fingerprint density at radius 3 is 2.35 bits per heavy atom. The van der Waals surface area contributed by atoms with Gasteiger partial charge in [0, 0.05) is 0 Å². The summed E-state index contributed by atoms with van der Waals surface area (Å²) >= 11 is 0. The topological polar surface area (TPSA) is 63.4 Å². The zero-order valence-electron chi connectivity index (χ0n) is 10.2. The van der Waals surface area contributed by atoms with Crippen molar-refractivity contribution in [1.29, 1.82) is 0 Å². The van der Waals surface area contributed by atoms with Crippen LogP contribution >= 0.6 is 0 Å². The van der Waals surface area contributed by atoms with E-state index < -0.39 is 11.8 Å². The van der Waals surface area contributed by atoms with Gasteiger partial charge in [-0.05, 0) is 18.9 Å². The van der Waals surface area contributed by atoms with Crippen molar-refractivity contribution in [1.82, 2.24) is 4.81 Å².